The highest BCUT2D eigenvalue weighted by molar-refractivity contribution is 7.89. The number of sulfonamides is 1. The fraction of sp³-hybridized carbons (Fsp3) is 0.450. The molecule has 154 valence electrons. The number of aryl methyl sites for hydroxylation is 2. The first-order valence-corrected chi connectivity index (χ1v) is 11.4. The van der Waals surface area contributed by atoms with Crippen LogP contribution in [0.2, 0.25) is 0 Å². The number of imidazole rings is 1. The lowest BCUT2D eigenvalue weighted by atomic mass is 9.99. The van der Waals surface area contributed by atoms with Crippen LogP contribution in [0.5, 0.6) is 0 Å². The summed E-state index contributed by atoms with van der Waals surface area (Å²) in [5.74, 6) is 1.10. The van der Waals surface area contributed by atoms with E-state index in [0.29, 0.717) is 19.6 Å². The monoisotopic (exact) mass is 414 g/mol. The van der Waals surface area contributed by atoms with Gasteiger partial charge in [0.1, 0.15) is 10.7 Å². The Morgan fingerprint density at radius 3 is 2.83 bits per heavy atom. The molecule has 1 aliphatic heterocycles. The number of aromatic nitrogens is 5. The third-order valence-corrected chi connectivity index (χ3v) is 7.29. The predicted molar refractivity (Wildman–Crippen MR) is 110 cm³/mol. The molecular formula is C20H26N6O2S. The molecular weight excluding hydrogens is 388 g/mol. The number of hydrogen-bond donors (Lipinski definition) is 0. The van der Waals surface area contributed by atoms with Gasteiger partial charge in [-0.2, -0.15) is 9.40 Å². The second kappa shape index (κ2) is 8.08. The van der Waals surface area contributed by atoms with Gasteiger partial charge in [0.05, 0.1) is 6.20 Å². The molecule has 8 nitrogen and oxygen atoms in total. The van der Waals surface area contributed by atoms with E-state index in [-0.39, 0.29) is 10.8 Å². The number of nitrogens with zero attached hydrogens (tertiary/aromatic N) is 6. The van der Waals surface area contributed by atoms with Crippen molar-refractivity contribution in [3.63, 3.8) is 0 Å². The zero-order chi connectivity index (χ0) is 20.4. The van der Waals surface area contributed by atoms with Crippen LogP contribution in [0, 0.1) is 12.8 Å². The molecule has 3 aromatic heterocycles. The fourth-order valence-corrected chi connectivity index (χ4v) is 5.38. The third kappa shape index (κ3) is 3.97. The van der Waals surface area contributed by atoms with E-state index in [4.69, 9.17) is 0 Å². The molecule has 9 heteroatoms. The minimum absolute atomic E-state index is 0.225. The molecule has 0 aromatic carbocycles. The van der Waals surface area contributed by atoms with Crippen molar-refractivity contribution in [3.8, 4) is 11.4 Å². The molecule has 0 saturated carbocycles. The lowest BCUT2D eigenvalue weighted by molar-refractivity contribution is 0.245. The van der Waals surface area contributed by atoms with Crippen molar-refractivity contribution in [1.29, 1.82) is 0 Å². The molecule has 0 radical (unpaired) electrons. The second-order valence-corrected chi connectivity index (χ2v) is 9.42. The number of piperidine rings is 1. The molecule has 0 N–H and O–H groups in total. The van der Waals surface area contributed by atoms with Crippen LogP contribution in [-0.2, 0) is 23.1 Å². The molecule has 1 saturated heterocycles. The molecule has 1 unspecified atom stereocenters. The van der Waals surface area contributed by atoms with Gasteiger partial charge in [-0.1, -0.05) is 0 Å². The van der Waals surface area contributed by atoms with Crippen molar-refractivity contribution >= 4 is 10.0 Å². The quantitative estimate of drug-likeness (QED) is 0.619. The van der Waals surface area contributed by atoms with Gasteiger partial charge in [-0.15, -0.1) is 0 Å². The Balaban J connectivity index is 1.54. The maximum absolute atomic E-state index is 13.1. The molecule has 0 spiro atoms. The summed E-state index contributed by atoms with van der Waals surface area (Å²) < 4.78 is 31.6. The number of rotatable bonds is 6. The molecule has 29 heavy (non-hydrogen) atoms. The summed E-state index contributed by atoms with van der Waals surface area (Å²) in [4.78, 5) is 9.03. The summed E-state index contributed by atoms with van der Waals surface area (Å²) in [5, 5.41) is 4.12. The highest BCUT2D eigenvalue weighted by atomic mass is 32.2. The van der Waals surface area contributed by atoms with Gasteiger partial charge in [-0.05, 0) is 44.7 Å². The number of pyridine rings is 1. The van der Waals surface area contributed by atoms with Crippen LogP contribution in [0.1, 0.15) is 25.5 Å². The first-order valence-electron chi connectivity index (χ1n) is 9.94. The molecule has 4 heterocycles. The van der Waals surface area contributed by atoms with E-state index >= 15 is 0 Å². The average Bonchev–Trinajstić information content (AvgIpc) is 3.37. The lowest BCUT2D eigenvalue weighted by Gasteiger charge is -2.32. The zero-order valence-electron chi connectivity index (χ0n) is 16.8. The molecule has 3 aromatic rings. The number of hydrogen-bond acceptors (Lipinski definition) is 5. The van der Waals surface area contributed by atoms with Crippen LogP contribution in [0.25, 0.3) is 11.4 Å². The van der Waals surface area contributed by atoms with Crippen molar-refractivity contribution in [3.05, 3.63) is 48.8 Å². The van der Waals surface area contributed by atoms with Gasteiger partial charge in [0.2, 0.25) is 10.0 Å². The van der Waals surface area contributed by atoms with Crippen LogP contribution in [0.4, 0.5) is 0 Å². The minimum atomic E-state index is -3.52. The third-order valence-electron chi connectivity index (χ3n) is 5.47. The van der Waals surface area contributed by atoms with E-state index in [1.807, 2.05) is 32.2 Å². The van der Waals surface area contributed by atoms with Gasteiger partial charge in [0, 0.05) is 62.2 Å². The van der Waals surface area contributed by atoms with Crippen LogP contribution < -0.4 is 0 Å². The van der Waals surface area contributed by atoms with Gasteiger partial charge in [0.25, 0.3) is 0 Å². The second-order valence-electron chi connectivity index (χ2n) is 7.48. The Bertz CT molecular complexity index is 1070. The SMILES string of the molecule is CCn1cc(S(=O)(=O)N2CCCC(Cn3c(C)cnc3-c3cccnc3)C2)cn1. The molecule has 4 rings (SSSR count). The van der Waals surface area contributed by atoms with Crippen molar-refractivity contribution in [1.82, 2.24) is 28.6 Å². The fourth-order valence-electron chi connectivity index (χ4n) is 3.87. The van der Waals surface area contributed by atoms with E-state index in [9.17, 15) is 8.42 Å². The standard InChI is InChI=1S/C20H26N6O2S/c1-3-24-15-19(12-23-24)29(27,28)25-9-5-6-17(13-25)14-26-16(2)10-22-20(26)18-7-4-8-21-11-18/h4,7-8,10-12,15,17H,3,5-6,9,13-14H2,1-2H3. The molecule has 1 fully saturated rings. The maximum atomic E-state index is 13.1. The summed E-state index contributed by atoms with van der Waals surface area (Å²) in [6.07, 6.45) is 10.3. The predicted octanol–water partition coefficient (Wildman–Crippen LogP) is 2.57. The molecule has 0 aliphatic carbocycles. The van der Waals surface area contributed by atoms with Crippen LogP contribution in [0.15, 0.2) is 48.0 Å². The van der Waals surface area contributed by atoms with E-state index in [1.165, 1.54) is 6.20 Å². The highest BCUT2D eigenvalue weighted by Gasteiger charge is 2.31. The average molecular weight is 415 g/mol. The van der Waals surface area contributed by atoms with E-state index in [2.05, 4.69) is 19.6 Å². The van der Waals surface area contributed by atoms with Crippen molar-refractivity contribution < 1.29 is 8.42 Å². The van der Waals surface area contributed by atoms with Crippen molar-refractivity contribution in [2.75, 3.05) is 13.1 Å². The Labute approximate surface area is 171 Å². The summed E-state index contributed by atoms with van der Waals surface area (Å²) in [6.45, 7) is 6.40. The largest absolute Gasteiger partial charge is 0.328 e. The Kier molecular flexibility index (Phi) is 5.51. The van der Waals surface area contributed by atoms with Gasteiger partial charge < -0.3 is 4.57 Å². The van der Waals surface area contributed by atoms with E-state index in [0.717, 1.165) is 36.5 Å². The van der Waals surface area contributed by atoms with Crippen LogP contribution in [0.3, 0.4) is 0 Å². The maximum Gasteiger partial charge on any atom is 0.246 e. The van der Waals surface area contributed by atoms with Crippen molar-refractivity contribution in [2.24, 2.45) is 5.92 Å². The van der Waals surface area contributed by atoms with Gasteiger partial charge in [0.15, 0.2) is 0 Å². The minimum Gasteiger partial charge on any atom is -0.328 e. The molecule has 0 amide bonds. The van der Waals surface area contributed by atoms with Crippen LogP contribution in [-0.4, -0.2) is 50.1 Å². The van der Waals surface area contributed by atoms with E-state index < -0.39 is 10.0 Å². The first-order chi connectivity index (χ1) is 14.0. The summed E-state index contributed by atoms with van der Waals surface area (Å²) in [5.41, 5.74) is 2.03. The summed E-state index contributed by atoms with van der Waals surface area (Å²) in [7, 11) is -3.52. The normalized spacial score (nSPS) is 18.2. The Morgan fingerprint density at radius 2 is 2.10 bits per heavy atom. The Morgan fingerprint density at radius 1 is 1.24 bits per heavy atom. The van der Waals surface area contributed by atoms with Crippen molar-refractivity contribution in [2.45, 2.75) is 44.7 Å². The van der Waals surface area contributed by atoms with Gasteiger partial charge in [-0.3, -0.25) is 9.67 Å². The van der Waals surface area contributed by atoms with Gasteiger partial charge >= 0.3 is 0 Å². The van der Waals surface area contributed by atoms with Crippen LogP contribution >= 0.6 is 0 Å². The zero-order valence-corrected chi connectivity index (χ0v) is 17.6. The first kappa shape index (κ1) is 19.8. The summed E-state index contributed by atoms with van der Waals surface area (Å²) >= 11 is 0. The molecule has 1 aliphatic rings. The molecule has 0 bridgehead atoms. The molecule has 1 atom stereocenters. The smallest absolute Gasteiger partial charge is 0.246 e. The summed E-state index contributed by atoms with van der Waals surface area (Å²) in [6, 6.07) is 3.89. The van der Waals surface area contributed by atoms with E-state index in [1.54, 1.807) is 27.6 Å². The van der Waals surface area contributed by atoms with Gasteiger partial charge in [-0.25, -0.2) is 13.4 Å². The highest BCUT2D eigenvalue weighted by Crippen LogP contribution is 2.27. The Hall–Kier alpha value is -2.52. The lowest BCUT2D eigenvalue weighted by Crippen LogP contribution is -2.41. The topological polar surface area (TPSA) is 85.9 Å².